The zero-order valence-corrected chi connectivity index (χ0v) is 22.7. The Bertz CT molecular complexity index is 1580. The summed E-state index contributed by atoms with van der Waals surface area (Å²) in [5.41, 5.74) is -1.69. The van der Waals surface area contributed by atoms with Crippen LogP contribution in [-0.2, 0) is 29.8 Å². The normalized spacial score (nSPS) is 20.3. The largest absolute Gasteiger partial charge is 0.468 e. The van der Waals surface area contributed by atoms with E-state index in [9.17, 15) is 18.9 Å². The average Bonchev–Trinajstić information content (AvgIpc) is 3.39. The third kappa shape index (κ3) is 6.86. The molecule has 2 aromatic carbocycles. The van der Waals surface area contributed by atoms with Crippen LogP contribution in [-0.4, -0.2) is 40.9 Å². The van der Waals surface area contributed by atoms with E-state index < -0.39 is 49.4 Å². The lowest BCUT2D eigenvalue weighted by atomic mass is 10.1. The maximum atomic E-state index is 14.1. The molecule has 0 bridgehead atoms. The van der Waals surface area contributed by atoms with Crippen molar-refractivity contribution in [3.8, 4) is 18.1 Å². The van der Waals surface area contributed by atoms with Crippen molar-refractivity contribution in [2.75, 3.05) is 13.7 Å². The number of carbonyl (C=O) groups is 1. The molecule has 4 atom stereocenters. The molecule has 0 amide bonds. The Morgan fingerprint density at radius 1 is 1.20 bits per heavy atom. The molecule has 4 rings (SSSR count). The summed E-state index contributed by atoms with van der Waals surface area (Å²) in [5, 5.41) is 2.70. The van der Waals surface area contributed by atoms with Gasteiger partial charge in [-0.1, -0.05) is 54.5 Å². The maximum Gasteiger partial charge on any atom is 0.459 e. The Hall–Kier alpha value is -4.20. The zero-order valence-electron chi connectivity index (χ0n) is 21.8. The Kier molecular flexibility index (Phi) is 8.87. The van der Waals surface area contributed by atoms with Gasteiger partial charge in [0.25, 0.3) is 5.56 Å². The molecule has 0 saturated heterocycles. The summed E-state index contributed by atoms with van der Waals surface area (Å²) in [7, 11) is -3.08. The van der Waals surface area contributed by atoms with Crippen LogP contribution in [0.4, 0.5) is 0 Å². The van der Waals surface area contributed by atoms with Crippen molar-refractivity contribution >= 4 is 13.7 Å². The Labute approximate surface area is 230 Å². The lowest BCUT2D eigenvalue weighted by Crippen LogP contribution is -2.41. The third-order valence-corrected chi connectivity index (χ3v) is 7.57. The number of hydrogen-bond donors (Lipinski definition) is 2. The molecule has 0 unspecified atom stereocenters. The van der Waals surface area contributed by atoms with Crippen molar-refractivity contribution in [2.24, 2.45) is 0 Å². The number of para-hydroxylation sites is 1. The molecule has 2 N–H and O–H groups in total. The van der Waals surface area contributed by atoms with E-state index in [1.165, 1.54) is 25.5 Å². The number of rotatable bonds is 11. The number of aromatic nitrogens is 2. The highest BCUT2D eigenvalue weighted by atomic mass is 31.2. The molecule has 1 aromatic heterocycles. The predicted molar refractivity (Wildman–Crippen MR) is 147 cm³/mol. The van der Waals surface area contributed by atoms with Gasteiger partial charge in [-0.3, -0.25) is 23.7 Å². The topological polar surface area (TPSA) is 138 Å². The molecule has 3 aromatic rings. The molecule has 2 heterocycles. The lowest BCUT2D eigenvalue weighted by Gasteiger charge is -2.28. The quantitative estimate of drug-likeness (QED) is 0.156. The van der Waals surface area contributed by atoms with Gasteiger partial charge in [-0.25, -0.2) is 9.36 Å². The molecule has 0 fully saturated rings. The molecule has 12 heteroatoms. The smallest absolute Gasteiger partial charge is 0.459 e. The highest BCUT2D eigenvalue weighted by Crippen LogP contribution is 2.47. The van der Waals surface area contributed by atoms with Gasteiger partial charge in [-0.05, 0) is 43.2 Å². The lowest BCUT2D eigenvalue weighted by molar-refractivity contribution is -0.142. The van der Waals surface area contributed by atoms with Gasteiger partial charge in [0.15, 0.2) is 11.8 Å². The number of carbonyl (C=O) groups excluding carboxylic acids is 1. The number of nitrogens with zero attached hydrogens (tertiary/aromatic N) is 1. The highest BCUT2D eigenvalue weighted by Gasteiger charge is 2.41. The summed E-state index contributed by atoms with van der Waals surface area (Å²) in [6.45, 7) is 1.07. The van der Waals surface area contributed by atoms with E-state index in [1.54, 1.807) is 37.3 Å². The van der Waals surface area contributed by atoms with Crippen LogP contribution in [0.1, 0.15) is 17.4 Å². The standard InChI is InChI=1S/C28H28N3O8P/c1-4-28(16-15-24(38-28)31-18-20(2)25(32)29-27(31)34)19-37-40(35,39-22-13-9-6-10-14-22)30-23(26(33)36-3)17-21-11-7-5-8-12-21/h1,5-16,18,23-24H,17,19H2,2-3H3,(H,30,35)(H,29,32,34)/t23-,24+,28-,40-/m0/s1. The van der Waals surface area contributed by atoms with Crippen molar-refractivity contribution in [3.63, 3.8) is 0 Å². The van der Waals surface area contributed by atoms with Gasteiger partial charge < -0.3 is 14.0 Å². The Morgan fingerprint density at radius 2 is 1.88 bits per heavy atom. The Balaban J connectivity index is 1.58. The number of ether oxygens (including phenoxy) is 2. The van der Waals surface area contributed by atoms with Gasteiger partial charge >= 0.3 is 19.4 Å². The van der Waals surface area contributed by atoms with Crippen molar-refractivity contribution in [1.82, 2.24) is 14.6 Å². The van der Waals surface area contributed by atoms with Crippen LogP contribution >= 0.6 is 7.75 Å². The second-order valence-corrected chi connectivity index (χ2v) is 10.6. The molecule has 1 aliphatic heterocycles. The van der Waals surface area contributed by atoms with Crippen LogP contribution in [0.25, 0.3) is 0 Å². The number of aryl methyl sites for hydroxylation is 1. The van der Waals surface area contributed by atoms with Crippen LogP contribution in [0.3, 0.4) is 0 Å². The number of esters is 1. The predicted octanol–water partition coefficient (Wildman–Crippen LogP) is 2.88. The second kappa shape index (κ2) is 12.3. The molecular weight excluding hydrogens is 537 g/mol. The van der Waals surface area contributed by atoms with E-state index in [-0.39, 0.29) is 12.2 Å². The molecule has 0 spiro atoms. The van der Waals surface area contributed by atoms with Gasteiger partial charge in [-0.2, -0.15) is 5.09 Å². The third-order valence-electron chi connectivity index (χ3n) is 6.03. The highest BCUT2D eigenvalue weighted by molar-refractivity contribution is 7.52. The fraction of sp³-hybridized carbons (Fsp3) is 0.250. The van der Waals surface area contributed by atoms with E-state index in [1.807, 2.05) is 30.3 Å². The number of methoxy groups -OCH3 is 1. The number of terminal acetylenes is 1. The van der Waals surface area contributed by atoms with Gasteiger partial charge in [0, 0.05) is 11.8 Å². The van der Waals surface area contributed by atoms with Crippen molar-refractivity contribution in [2.45, 2.75) is 31.2 Å². The summed E-state index contributed by atoms with van der Waals surface area (Å²) in [5.74, 6) is 2.00. The minimum absolute atomic E-state index is 0.131. The summed E-state index contributed by atoms with van der Waals surface area (Å²) in [6, 6.07) is 16.3. The molecule has 40 heavy (non-hydrogen) atoms. The first-order chi connectivity index (χ1) is 19.2. The van der Waals surface area contributed by atoms with Crippen LogP contribution in [0.15, 0.2) is 88.6 Å². The van der Waals surface area contributed by atoms with Crippen molar-refractivity contribution in [3.05, 3.63) is 111 Å². The summed E-state index contributed by atoms with van der Waals surface area (Å²) < 4.78 is 37.7. The maximum absolute atomic E-state index is 14.1. The molecule has 0 radical (unpaired) electrons. The molecule has 11 nitrogen and oxygen atoms in total. The van der Waals surface area contributed by atoms with E-state index in [0.717, 1.165) is 10.1 Å². The van der Waals surface area contributed by atoms with Gasteiger partial charge in [-0.15, -0.1) is 6.42 Å². The molecular formula is C28H28N3O8P. The minimum atomic E-state index is -4.30. The van der Waals surface area contributed by atoms with E-state index >= 15 is 0 Å². The molecule has 0 saturated carbocycles. The number of H-pyrrole nitrogens is 1. The molecule has 1 aliphatic rings. The number of aromatic amines is 1. The van der Waals surface area contributed by atoms with E-state index in [2.05, 4.69) is 16.0 Å². The van der Waals surface area contributed by atoms with Crippen LogP contribution < -0.4 is 20.9 Å². The fourth-order valence-corrected chi connectivity index (χ4v) is 5.44. The number of nitrogens with one attached hydrogen (secondary N) is 2. The first-order valence-corrected chi connectivity index (χ1v) is 13.8. The minimum Gasteiger partial charge on any atom is -0.468 e. The monoisotopic (exact) mass is 565 g/mol. The fourth-order valence-electron chi connectivity index (χ4n) is 3.92. The van der Waals surface area contributed by atoms with E-state index in [0.29, 0.717) is 5.56 Å². The number of benzene rings is 2. The zero-order chi connectivity index (χ0) is 28.8. The van der Waals surface area contributed by atoms with Gasteiger partial charge in [0.05, 0.1) is 7.11 Å². The first kappa shape index (κ1) is 28.8. The van der Waals surface area contributed by atoms with Crippen molar-refractivity contribution in [1.29, 1.82) is 0 Å². The van der Waals surface area contributed by atoms with Crippen LogP contribution in [0, 0.1) is 19.3 Å². The summed E-state index contributed by atoms with van der Waals surface area (Å²) in [4.78, 5) is 39.0. The summed E-state index contributed by atoms with van der Waals surface area (Å²) >= 11 is 0. The van der Waals surface area contributed by atoms with Gasteiger partial charge in [0.2, 0.25) is 0 Å². The van der Waals surface area contributed by atoms with Gasteiger partial charge in [0.1, 0.15) is 18.4 Å². The molecule has 0 aliphatic carbocycles. The van der Waals surface area contributed by atoms with Crippen molar-refractivity contribution < 1.29 is 27.9 Å². The molecule has 208 valence electrons. The SMILES string of the molecule is C#C[C@@]1(CO[P@@](=O)(N[C@@H](Cc2ccccc2)C(=O)OC)Oc2ccccc2)C=C[C@H](n2cc(C)c(=O)[nH]c2=O)O1. The number of hydrogen-bond acceptors (Lipinski definition) is 8. The second-order valence-electron chi connectivity index (χ2n) is 8.95. The van der Waals surface area contributed by atoms with Crippen LogP contribution in [0.5, 0.6) is 5.75 Å². The first-order valence-electron chi connectivity index (χ1n) is 12.2. The average molecular weight is 566 g/mol. The van der Waals surface area contributed by atoms with E-state index in [4.69, 9.17) is 24.9 Å². The summed E-state index contributed by atoms with van der Waals surface area (Å²) in [6.07, 6.45) is 9.30. The van der Waals surface area contributed by atoms with Crippen LogP contribution in [0.2, 0.25) is 0 Å². The Morgan fingerprint density at radius 3 is 2.52 bits per heavy atom.